The predicted molar refractivity (Wildman–Crippen MR) is 109 cm³/mol. The summed E-state index contributed by atoms with van der Waals surface area (Å²) in [7, 11) is -2.48. The number of methoxy groups -OCH3 is 1. The van der Waals surface area contributed by atoms with Crippen LogP contribution in [0, 0.1) is 0 Å². The van der Waals surface area contributed by atoms with Crippen molar-refractivity contribution in [3.63, 3.8) is 0 Å². The average Bonchev–Trinajstić information content (AvgIpc) is 3.44. The standard InChI is InChI=1S/C22H21NO6S/c1-27-18-9-11-20(12-10-18)30(25,26)29-19-5-2-4-16(14-19)15-23(17-7-8-17)22(24)21-6-3-13-28-21/h2-6,9-14,17H,7-8,15H2,1H3. The topological polar surface area (TPSA) is 86.1 Å². The monoisotopic (exact) mass is 427 g/mol. The lowest BCUT2D eigenvalue weighted by molar-refractivity contribution is 0.0697. The molecular weight excluding hydrogens is 406 g/mol. The normalized spacial score (nSPS) is 13.6. The molecule has 7 nitrogen and oxygen atoms in total. The Bertz CT molecular complexity index is 1120. The van der Waals surface area contributed by atoms with Crippen LogP contribution >= 0.6 is 0 Å². The van der Waals surface area contributed by atoms with E-state index in [9.17, 15) is 13.2 Å². The van der Waals surface area contributed by atoms with Gasteiger partial charge in [0, 0.05) is 12.6 Å². The summed E-state index contributed by atoms with van der Waals surface area (Å²) in [4.78, 5) is 14.5. The van der Waals surface area contributed by atoms with Crippen LogP contribution in [0.5, 0.6) is 11.5 Å². The average molecular weight is 427 g/mol. The van der Waals surface area contributed by atoms with E-state index >= 15 is 0 Å². The summed E-state index contributed by atoms with van der Waals surface area (Å²) in [6.45, 7) is 0.337. The fourth-order valence-corrected chi connectivity index (χ4v) is 4.03. The maximum Gasteiger partial charge on any atom is 0.339 e. The van der Waals surface area contributed by atoms with Gasteiger partial charge in [0.2, 0.25) is 0 Å². The van der Waals surface area contributed by atoms with Crippen LogP contribution in [0.15, 0.2) is 76.2 Å². The number of benzene rings is 2. The van der Waals surface area contributed by atoms with Gasteiger partial charge in [-0.05, 0) is 66.9 Å². The Hall–Kier alpha value is -3.26. The molecule has 0 unspecified atom stereocenters. The number of amides is 1. The van der Waals surface area contributed by atoms with Crippen molar-refractivity contribution in [3.05, 3.63) is 78.3 Å². The van der Waals surface area contributed by atoms with Gasteiger partial charge < -0.3 is 18.2 Å². The molecule has 0 atom stereocenters. The van der Waals surface area contributed by atoms with Crippen molar-refractivity contribution in [2.45, 2.75) is 30.3 Å². The molecule has 3 aromatic rings. The minimum absolute atomic E-state index is 0.0290. The molecule has 2 aromatic carbocycles. The van der Waals surface area contributed by atoms with E-state index in [2.05, 4.69) is 0 Å². The van der Waals surface area contributed by atoms with Crippen LogP contribution in [0.2, 0.25) is 0 Å². The lowest BCUT2D eigenvalue weighted by atomic mass is 10.2. The van der Waals surface area contributed by atoms with Crippen molar-refractivity contribution in [3.8, 4) is 11.5 Å². The van der Waals surface area contributed by atoms with Gasteiger partial charge >= 0.3 is 10.1 Å². The summed E-state index contributed by atoms with van der Waals surface area (Å²) in [5.74, 6) is 0.845. The molecule has 156 valence electrons. The van der Waals surface area contributed by atoms with E-state index in [1.165, 1.54) is 25.5 Å². The first-order valence-electron chi connectivity index (χ1n) is 9.48. The number of furan rings is 1. The molecule has 0 bridgehead atoms. The second-order valence-electron chi connectivity index (χ2n) is 7.00. The summed E-state index contributed by atoms with van der Waals surface area (Å²) < 4.78 is 40.7. The van der Waals surface area contributed by atoms with Crippen molar-refractivity contribution in [1.29, 1.82) is 0 Å². The van der Waals surface area contributed by atoms with Gasteiger partial charge in [0.05, 0.1) is 13.4 Å². The molecule has 0 aliphatic heterocycles. The van der Waals surface area contributed by atoms with Crippen molar-refractivity contribution in [2.75, 3.05) is 7.11 Å². The van der Waals surface area contributed by atoms with Gasteiger partial charge in [-0.3, -0.25) is 4.79 Å². The van der Waals surface area contributed by atoms with Crippen molar-refractivity contribution in [2.24, 2.45) is 0 Å². The zero-order valence-electron chi connectivity index (χ0n) is 16.4. The van der Waals surface area contributed by atoms with E-state index < -0.39 is 10.1 Å². The number of carbonyl (C=O) groups is 1. The van der Waals surface area contributed by atoms with Crippen molar-refractivity contribution in [1.82, 2.24) is 4.90 Å². The molecule has 1 aliphatic carbocycles. The predicted octanol–water partition coefficient (Wildman–Crippen LogP) is 3.86. The molecule has 30 heavy (non-hydrogen) atoms. The molecule has 0 spiro atoms. The van der Waals surface area contributed by atoms with Gasteiger partial charge in [0.1, 0.15) is 16.4 Å². The number of nitrogens with zero attached hydrogens (tertiary/aromatic N) is 1. The minimum Gasteiger partial charge on any atom is -0.497 e. The van der Waals surface area contributed by atoms with Gasteiger partial charge in [-0.2, -0.15) is 8.42 Å². The number of hydrogen-bond donors (Lipinski definition) is 0. The third kappa shape index (κ3) is 4.49. The summed E-state index contributed by atoms with van der Waals surface area (Å²) in [5, 5.41) is 0. The molecular formula is C22H21NO6S. The first kappa shape index (κ1) is 20.0. The summed E-state index contributed by atoms with van der Waals surface area (Å²) >= 11 is 0. The third-order valence-electron chi connectivity index (χ3n) is 4.79. The van der Waals surface area contributed by atoms with Crippen LogP contribution in [0.25, 0.3) is 0 Å². The Balaban J connectivity index is 1.51. The molecule has 1 amide bonds. The largest absolute Gasteiger partial charge is 0.497 e. The Morgan fingerprint density at radius 1 is 1.07 bits per heavy atom. The van der Waals surface area contributed by atoms with Crippen molar-refractivity contribution < 1.29 is 26.5 Å². The van der Waals surface area contributed by atoms with E-state index in [0.29, 0.717) is 12.3 Å². The van der Waals surface area contributed by atoms with Crippen LogP contribution in [-0.2, 0) is 16.7 Å². The van der Waals surface area contributed by atoms with Crippen molar-refractivity contribution >= 4 is 16.0 Å². The van der Waals surface area contributed by atoms with Crippen LogP contribution in [0.3, 0.4) is 0 Å². The number of rotatable bonds is 8. The van der Waals surface area contributed by atoms with Crippen LogP contribution in [0.4, 0.5) is 0 Å². The lowest BCUT2D eigenvalue weighted by Gasteiger charge is -2.21. The molecule has 0 N–H and O–H groups in total. The van der Waals surface area contributed by atoms with Gasteiger partial charge in [-0.15, -0.1) is 0 Å². The smallest absolute Gasteiger partial charge is 0.339 e. The lowest BCUT2D eigenvalue weighted by Crippen LogP contribution is -2.32. The van der Waals surface area contributed by atoms with E-state index in [1.807, 2.05) is 6.07 Å². The van der Waals surface area contributed by atoms with Crippen LogP contribution in [-0.4, -0.2) is 32.4 Å². The zero-order valence-corrected chi connectivity index (χ0v) is 17.2. The molecule has 8 heteroatoms. The molecule has 1 aromatic heterocycles. The SMILES string of the molecule is COc1ccc(S(=O)(=O)Oc2cccc(CN(C(=O)c3ccco3)C3CC3)c2)cc1. The summed E-state index contributed by atoms with van der Waals surface area (Å²) in [6, 6.07) is 16.2. The number of carbonyl (C=O) groups excluding carboxylic acids is 1. The highest BCUT2D eigenvalue weighted by Crippen LogP contribution is 2.31. The molecule has 0 radical (unpaired) electrons. The van der Waals surface area contributed by atoms with E-state index in [4.69, 9.17) is 13.3 Å². The fraction of sp³-hybridized carbons (Fsp3) is 0.227. The molecule has 1 heterocycles. The Morgan fingerprint density at radius 2 is 1.83 bits per heavy atom. The Labute approximate surface area is 175 Å². The highest BCUT2D eigenvalue weighted by molar-refractivity contribution is 7.87. The maximum atomic E-state index is 12.7. The van der Waals surface area contributed by atoms with Gasteiger partial charge in [0.15, 0.2) is 5.76 Å². The molecule has 4 rings (SSSR count). The summed E-state index contributed by atoms with van der Waals surface area (Å²) in [5.41, 5.74) is 0.768. The number of ether oxygens (including phenoxy) is 1. The second kappa shape index (κ2) is 8.23. The molecule has 1 aliphatic rings. The maximum absolute atomic E-state index is 12.7. The van der Waals surface area contributed by atoms with Gasteiger partial charge in [0.25, 0.3) is 5.91 Å². The van der Waals surface area contributed by atoms with E-state index in [-0.39, 0.29) is 28.4 Å². The first-order valence-corrected chi connectivity index (χ1v) is 10.9. The fourth-order valence-electron chi connectivity index (χ4n) is 3.10. The van der Waals surface area contributed by atoms with Gasteiger partial charge in [-0.25, -0.2) is 0 Å². The minimum atomic E-state index is -3.99. The first-order chi connectivity index (χ1) is 14.5. The molecule has 1 fully saturated rings. The van der Waals surface area contributed by atoms with E-state index in [0.717, 1.165) is 18.4 Å². The van der Waals surface area contributed by atoms with Gasteiger partial charge in [-0.1, -0.05) is 12.1 Å². The number of hydrogen-bond acceptors (Lipinski definition) is 6. The van der Waals surface area contributed by atoms with Crippen LogP contribution < -0.4 is 8.92 Å². The quantitative estimate of drug-likeness (QED) is 0.508. The van der Waals surface area contributed by atoms with Crippen LogP contribution in [0.1, 0.15) is 29.0 Å². The second-order valence-corrected chi connectivity index (χ2v) is 8.55. The molecule has 0 saturated heterocycles. The zero-order chi connectivity index (χ0) is 21.1. The molecule has 1 saturated carbocycles. The highest BCUT2D eigenvalue weighted by atomic mass is 32.2. The summed E-state index contributed by atoms with van der Waals surface area (Å²) in [6.07, 6.45) is 3.35. The highest BCUT2D eigenvalue weighted by Gasteiger charge is 2.34. The third-order valence-corrected chi connectivity index (χ3v) is 6.05. The van der Waals surface area contributed by atoms with E-state index in [1.54, 1.807) is 47.4 Å². The Kier molecular flexibility index (Phi) is 5.50. The Morgan fingerprint density at radius 3 is 2.47 bits per heavy atom.